The van der Waals surface area contributed by atoms with Gasteiger partial charge in [-0.1, -0.05) is 400 Å². The van der Waals surface area contributed by atoms with Gasteiger partial charge in [-0.25, -0.2) is 15.0 Å². The smallest absolute Gasteiger partial charge is 0.0722 e. The van der Waals surface area contributed by atoms with E-state index in [0.717, 1.165) is 84.1 Å². The van der Waals surface area contributed by atoms with Crippen molar-refractivity contribution in [3.63, 3.8) is 0 Å². The van der Waals surface area contributed by atoms with Gasteiger partial charge in [0.2, 0.25) is 0 Å². The number of rotatable bonds is 13. The van der Waals surface area contributed by atoms with Gasteiger partial charge >= 0.3 is 0 Å². The number of aromatic nitrogens is 7. The van der Waals surface area contributed by atoms with Gasteiger partial charge in [0.25, 0.3) is 0 Å². The standard InChI is InChI=1S/C55H35N3.2C43H28N2/c1-2-16-37(17-3-1)50-35-48(55-43-20-5-4-15-36(43)29-30-49(55)56-50)39-19-14-18-38(31-39)40-32-41(57-51-25-10-6-21-44(51)45-22-7-11-26-52(45)57)34-42(33-40)58-53-27-12-8-23-46(53)47-24-9-13-28-54(47)58;1-3-13-30(14-4-1)40-28-37(43-35-19-8-7-12-29(35)22-24-39(43)44-40)33-16-11-15-31(26-33)32-23-25-42-38(27-32)36-20-9-10-21-41(36)45(42)34-17-5-2-6-18-34;1-2-13-30(14-3-1)40-28-38(43-35-19-5-4-12-29(35)24-25-39(43)44-40)33-17-10-15-31(26-33)32-16-11-18-34(27-32)45-41-22-8-6-20-36(41)37-21-7-9-23-42(37)45/h1-35H;2*1-28H. The maximum absolute atomic E-state index is 5.24. The summed E-state index contributed by atoms with van der Waals surface area (Å²) in [6.07, 6.45) is 0. The Balaban J connectivity index is 0.000000108. The Morgan fingerprint density at radius 2 is 0.358 bits per heavy atom. The van der Waals surface area contributed by atoms with E-state index in [-0.39, 0.29) is 0 Å². The second-order valence-corrected chi connectivity index (χ2v) is 38.4. The molecule has 0 saturated carbocycles. The van der Waals surface area contributed by atoms with Crippen LogP contribution in [0.4, 0.5) is 0 Å². The molecule has 0 radical (unpaired) electrons. The fourth-order valence-electron chi connectivity index (χ4n) is 23.0. The van der Waals surface area contributed by atoms with Crippen molar-refractivity contribution in [2.45, 2.75) is 0 Å². The molecule has 7 heterocycles. The number of benzene rings is 23. The average molecular weight is 1880 g/mol. The first-order valence-corrected chi connectivity index (χ1v) is 50.7. The van der Waals surface area contributed by atoms with Crippen LogP contribution in [0.3, 0.4) is 0 Å². The predicted molar refractivity (Wildman–Crippen MR) is 624 cm³/mol. The summed E-state index contributed by atoms with van der Waals surface area (Å²) >= 11 is 0. The van der Waals surface area contributed by atoms with Crippen molar-refractivity contribution < 1.29 is 0 Å². The van der Waals surface area contributed by atoms with Crippen molar-refractivity contribution in [2.24, 2.45) is 0 Å². The van der Waals surface area contributed by atoms with E-state index < -0.39 is 0 Å². The number of hydrogen-bond acceptors (Lipinski definition) is 3. The van der Waals surface area contributed by atoms with Crippen LogP contribution in [0.5, 0.6) is 0 Å². The normalized spacial score (nSPS) is 11.6. The van der Waals surface area contributed by atoms with Crippen molar-refractivity contribution >= 4 is 152 Å². The first kappa shape index (κ1) is 86.2. The fourth-order valence-corrected chi connectivity index (χ4v) is 23.0. The molecule has 7 nitrogen and oxygen atoms in total. The summed E-state index contributed by atoms with van der Waals surface area (Å²) in [4.78, 5) is 15.5. The van der Waals surface area contributed by atoms with Crippen LogP contribution in [0, 0.1) is 0 Å². The van der Waals surface area contributed by atoms with Gasteiger partial charge in [0.15, 0.2) is 0 Å². The molecule has 0 spiro atoms. The van der Waals surface area contributed by atoms with E-state index in [4.69, 9.17) is 15.0 Å². The van der Waals surface area contributed by atoms with Crippen molar-refractivity contribution in [3.8, 4) is 123 Å². The Hall–Kier alpha value is -19.7. The van der Waals surface area contributed by atoms with Crippen LogP contribution >= 0.6 is 0 Å². The van der Waals surface area contributed by atoms with Gasteiger partial charge in [-0.15, -0.1) is 0 Å². The maximum Gasteiger partial charge on any atom is 0.0722 e. The van der Waals surface area contributed by atoms with Crippen LogP contribution < -0.4 is 0 Å². The van der Waals surface area contributed by atoms with Crippen LogP contribution in [-0.2, 0) is 0 Å². The molecule has 30 rings (SSSR count). The molecule has 23 aromatic carbocycles. The lowest BCUT2D eigenvalue weighted by molar-refractivity contribution is 1.13. The first-order chi connectivity index (χ1) is 73.4. The SMILES string of the molecule is c1ccc(-c2cc(-c3cccc(-c4cc(-n5c6ccccc6c6ccccc65)cc(-n5c6ccccc6c6ccccc65)c4)c3)c3c(ccc4ccccc43)n2)cc1.c1ccc(-c2cc(-c3cccc(-c4ccc5c(c4)c4ccccc4n5-c4ccccc4)c3)c3c(ccc4ccccc43)n2)cc1.c1ccc(-c2cc(-c3cccc(-c4cccc(-n5c6ccccc6c6ccccc65)c4)c3)c3c(ccc4ccccc43)n2)cc1. The third-order valence-corrected chi connectivity index (χ3v) is 29.8. The fraction of sp³-hybridized carbons (Fsp3) is 0. The highest BCUT2D eigenvalue weighted by Gasteiger charge is 2.24. The highest BCUT2D eigenvalue weighted by Crippen LogP contribution is 2.47. The molecule has 0 N–H and O–H groups in total. The predicted octanol–water partition coefficient (Wildman–Crippen LogP) is 37.6. The van der Waals surface area contributed by atoms with Gasteiger partial charge in [0.05, 0.1) is 77.8 Å². The molecule has 0 aliphatic heterocycles. The minimum Gasteiger partial charge on any atom is -0.309 e. The van der Waals surface area contributed by atoms with E-state index in [2.05, 4.69) is 570 Å². The molecule has 0 unspecified atom stereocenters. The minimum atomic E-state index is 0.964. The number of para-hydroxylation sites is 8. The zero-order valence-electron chi connectivity index (χ0n) is 80.7. The molecule has 7 heteroatoms. The second-order valence-electron chi connectivity index (χ2n) is 38.4. The van der Waals surface area contributed by atoms with E-state index in [1.54, 1.807) is 0 Å². The summed E-state index contributed by atoms with van der Waals surface area (Å²) in [7, 11) is 0. The quantitative estimate of drug-likeness (QED) is 0.108. The van der Waals surface area contributed by atoms with Gasteiger partial charge in [-0.3, -0.25) is 0 Å². The van der Waals surface area contributed by atoms with Crippen LogP contribution in [-0.4, -0.2) is 33.2 Å². The Morgan fingerprint density at radius 1 is 0.122 bits per heavy atom. The lowest BCUT2D eigenvalue weighted by Crippen LogP contribution is -2.00. The average Bonchev–Trinajstić information content (AvgIpc) is 1.52. The van der Waals surface area contributed by atoms with Crippen LogP contribution in [0.25, 0.3) is 276 Å². The van der Waals surface area contributed by atoms with Gasteiger partial charge in [0.1, 0.15) is 0 Å². The number of nitrogens with zero attached hydrogens (tertiary/aromatic N) is 7. The minimum absolute atomic E-state index is 0.964. The van der Waals surface area contributed by atoms with E-state index in [1.165, 1.54) is 191 Å². The van der Waals surface area contributed by atoms with Crippen LogP contribution in [0.2, 0.25) is 0 Å². The van der Waals surface area contributed by atoms with E-state index in [0.29, 0.717) is 0 Å². The van der Waals surface area contributed by atoms with Gasteiger partial charge in [-0.05, 0) is 251 Å². The Bertz CT molecular complexity index is 10200. The third kappa shape index (κ3) is 15.1. The van der Waals surface area contributed by atoms with E-state index in [9.17, 15) is 0 Å². The van der Waals surface area contributed by atoms with Crippen molar-refractivity contribution in [3.05, 3.63) is 552 Å². The lowest BCUT2D eigenvalue weighted by Gasteiger charge is -2.17. The molecule has 0 saturated heterocycles. The van der Waals surface area contributed by atoms with E-state index >= 15 is 0 Å². The Morgan fingerprint density at radius 3 is 0.709 bits per heavy atom. The monoisotopic (exact) mass is 1880 g/mol. The molecule has 148 heavy (non-hydrogen) atoms. The highest BCUT2D eigenvalue weighted by atomic mass is 15.0. The Labute approximate surface area is 854 Å². The van der Waals surface area contributed by atoms with Crippen LogP contribution in [0.1, 0.15) is 0 Å². The summed E-state index contributed by atoms with van der Waals surface area (Å²) < 4.78 is 9.62. The molecular weight excluding hydrogens is 1790 g/mol. The van der Waals surface area contributed by atoms with Gasteiger partial charge in [-0.2, -0.15) is 0 Å². The number of fused-ring (bicyclic) bond motifs is 21. The van der Waals surface area contributed by atoms with Gasteiger partial charge < -0.3 is 18.3 Å². The van der Waals surface area contributed by atoms with Crippen molar-refractivity contribution in [1.29, 1.82) is 0 Å². The molecule has 0 bridgehead atoms. The Kier molecular flexibility index (Phi) is 21.2. The molecule has 0 aliphatic carbocycles. The third-order valence-electron chi connectivity index (χ3n) is 29.8. The molecule has 690 valence electrons. The zero-order valence-corrected chi connectivity index (χ0v) is 80.7. The molecular formula is C141H91N7. The summed E-state index contributed by atoms with van der Waals surface area (Å²) in [6.45, 7) is 0. The lowest BCUT2D eigenvalue weighted by atomic mass is 9.92. The molecule has 0 amide bonds. The molecule has 7 aromatic heterocycles. The van der Waals surface area contributed by atoms with E-state index in [1.807, 2.05) is 0 Å². The number of hydrogen-bond donors (Lipinski definition) is 0. The molecule has 0 atom stereocenters. The highest BCUT2D eigenvalue weighted by molar-refractivity contribution is 6.19. The van der Waals surface area contributed by atoms with Crippen LogP contribution in [0.15, 0.2) is 552 Å². The molecule has 0 aliphatic rings. The van der Waals surface area contributed by atoms with Crippen molar-refractivity contribution in [2.75, 3.05) is 0 Å². The topological polar surface area (TPSA) is 58.4 Å². The summed E-state index contributed by atoms with van der Waals surface area (Å²) in [5.41, 5.74) is 37.5. The molecule has 0 fully saturated rings. The summed E-state index contributed by atoms with van der Waals surface area (Å²) in [5.74, 6) is 0. The second kappa shape index (κ2) is 36.4. The largest absolute Gasteiger partial charge is 0.309 e. The zero-order chi connectivity index (χ0) is 97.6. The maximum atomic E-state index is 5.24. The number of pyridine rings is 3. The molecule has 30 aromatic rings. The first-order valence-electron chi connectivity index (χ1n) is 50.7. The summed E-state index contributed by atoms with van der Waals surface area (Å²) in [5, 5.41) is 20.9. The van der Waals surface area contributed by atoms with Crippen molar-refractivity contribution in [1.82, 2.24) is 33.2 Å². The van der Waals surface area contributed by atoms with Gasteiger partial charge in [0, 0.05) is 98.7 Å². The summed E-state index contributed by atoms with van der Waals surface area (Å²) in [6, 6.07) is 199.